The molecule has 1 heterocycles. The molecule has 4 atom stereocenters. The Hall–Kier alpha value is -3.08. The number of nitrogens with one attached hydrogen (secondary N) is 3. The van der Waals surface area contributed by atoms with Gasteiger partial charge in [0.1, 0.15) is 12.1 Å². The molecule has 1 aliphatic heterocycles. The first-order valence-electron chi connectivity index (χ1n) is 14.4. The van der Waals surface area contributed by atoms with Crippen molar-refractivity contribution in [1.82, 2.24) is 14.9 Å². The van der Waals surface area contributed by atoms with Crippen LogP contribution >= 0.6 is 0 Å². The third-order valence-corrected chi connectivity index (χ3v) is 10.5. The van der Waals surface area contributed by atoms with Gasteiger partial charge in [-0.2, -0.15) is 0 Å². The molecule has 0 spiro atoms. The van der Waals surface area contributed by atoms with Crippen LogP contribution in [0.4, 0.5) is 11.4 Å². The van der Waals surface area contributed by atoms with Gasteiger partial charge in [-0.1, -0.05) is 31.1 Å². The fourth-order valence-electron chi connectivity index (χ4n) is 5.32. The van der Waals surface area contributed by atoms with E-state index in [0.29, 0.717) is 44.3 Å². The van der Waals surface area contributed by atoms with E-state index in [-0.39, 0.29) is 29.6 Å². The number of carbonyl (C=O) groups excluding carboxylic acids is 3. The van der Waals surface area contributed by atoms with Crippen LogP contribution in [0.3, 0.4) is 0 Å². The second-order valence-corrected chi connectivity index (χ2v) is 13.8. The Kier molecular flexibility index (Phi) is 9.43. The summed E-state index contributed by atoms with van der Waals surface area (Å²) < 4.78 is 26.0. The van der Waals surface area contributed by atoms with E-state index in [4.69, 9.17) is 5.73 Å². The van der Waals surface area contributed by atoms with E-state index in [1.54, 1.807) is 31.0 Å². The van der Waals surface area contributed by atoms with Crippen LogP contribution in [0.5, 0.6) is 0 Å². The van der Waals surface area contributed by atoms with Gasteiger partial charge in [0.2, 0.25) is 27.7 Å². The van der Waals surface area contributed by atoms with E-state index in [1.807, 2.05) is 18.2 Å². The summed E-state index contributed by atoms with van der Waals surface area (Å²) in [4.78, 5) is 39.9. The van der Waals surface area contributed by atoms with Crippen molar-refractivity contribution >= 4 is 39.1 Å². The Morgan fingerprint density at radius 1 is 1.18 bits per heavy atom. The summed E-state index contributed by atoms with van der Waals surface area (Å²) in [6, 6.07) is 6.44. The maximum absolute atomic E-state index is 13.5. The van der Waals surface area contributed by atoms with Gasteiger partial charge in [0.25, 0.3) is 0 Å². The molecule has 40 heavy (non-hydrogen) atoms. The standard InChI is InChI=1S/C29H43N5O5S/c1-29(15-16-29)40(38,39)33-26(35)23-18-20(23)10-6-4-3-5-7-13-24(32-22-12-8-11-21(30)19-22)28(37)34-17-9-14-25(34)27(36)31-2/h6,8,10-12,19-20,23-25,32H,3-5,7,9,13-18,30H2,1-2H3,(H,31,36)(H,33,35)/b10-6-/t20-,23+,24+,25+/m1/s1. The second-order valence-electron chi connectivity index (χ2n) is 11.6. The first-order chi connectivity index (χ1) is 19.0. The van der Waals surface area contributed by atoms with Crippen LogP contribution in [0.2, 0.25) is 0 Å². The minimum atomic E-state index is -3.58. The molecular weight excluding hydrogens is 530 g/mol. The normalized spacial score (nSPS) is 23.9. The number of allylic oxidation sites excluding steroid dienone is 2. The number of likely N-dealkylation sites (N-methyl/N-ethyl adjacent to an activating group) is 1. The first kappa shape index (κ1) is 29.9. The summed E-state index contributed by atoms with van der Waals surface area (Å²) in [6.07, 6.45) is 11.6. The topological polar surface area (TPSA) is 151 Å². The van der Waals surface area contributed by atoms with Crippen LogP contribution in [0.1, 0.15) is 71.1 Å². The number of nitrogens with two attached hydrogens (primary N) is 1. The summed E-state index contributed by atoms with van der Waals surface area (Å²) in [5.74, 6) is -0.746. The van der Waals surface area contributed by atoms with Crippen LogP contribution in [0, 0.1) is 11.8 Å². The smallest absolute Gasteiger partial charge is 0.245 e. The lowest BCUT2D eigenvalue weighted by molar-refractivity contribution is -0.138. The van der Waals surface area contributed by atoms with Gasteiger partial charge < -0.3 is 21.3 Å². The van der Waals surface area contributed by atoms with Crippen molar-refractivity contribution in [2.75, 3.05) is 24.6 Å². The highest BCUT2D eigenvalue weighted by atomic mass is 32.2. The molecule has 4 rings (SSSR count). The van der Waals surface area contributed by atoms with Gasteiger partial charge >= 0.3 is 0 Å². The monoisotopic (exact) mass is 573 g/mol. The number of amides is 3. The van der Waals surface area contributed by atoms with Crippen molar-refractivity contribution < 1.29 is 22.8 Å². The fourth-order valence-corrected chi connectivity index (χ4v) is 6.62. The van der Waals surface area contributed by atoms with Crippen molar-refractivity contribution in [2.24, 2.45) is 11.8 Å². The number of anilines is 2. The number of nitrogens with zero attached hydrogens (tertiary/aromatic N) is 1. The highest BCUT2D eigenvalue weighted by Gasteiger charge is 2.52. The third-order valence-electron chi connectivity index (χ3n) is 8.37. The minimum absolute atomic E-state index is 0.0656. The molecule has 1 aromatic carbocycles. The molecule has 1 saturated heterocycles. The SMILES string of the molecule is CNC(=O)[C@@H]1CCCN1C(=O)[C@H](CCCCC/C=C\[C@@H]1C[C@@H]1C(=O)NS(=O)(=O)C1(C)CC1)Nc1cccc(N)c1. The molecule has 220 valence electrons. The van der Waals surface area contributed by atoms with Crippen LogP contribution < -0.4 is 21.1 Å². The van der Waals surface area contributed by atoms with Gasteiger partial charge in [0, 0.05) is 30.9 Å². The Labute approximate surface area is 237 Å². The van der Waals surface area contributed by atoms with Crippen molar-refractivity contribution in [3.05, 3.63) is 36.4 Å². The summed E-state index contributed by atoms with van der Waals surface area (Å²) in [7, 11) is -1.99. The first-order valence-corrected chi connectivity index (χ1v) is 15.9. The molecule has 3 fully saturated rings. The van der Waals surface area contributed by atoms with Crippen LogP contribution in [0.25, 0.3) is 0 Å². The summed E-state index contributed by atoms with van der Waals surface area (Å²) >= 11 is 0. The molecule has 0 unspecified atom stereocenters. The fraction of sp³-hybridized carbons (Fsp3) is 0.621. The number of rotatable bonds is 14. The molecule has 0 radical (unpaired) electrons. The molecule has 5 N–H and O–H groups in total. The van der Waals surface area contributed by atoms with E-state index in [0.717, 1.165) is 37.8 Å². The van der Waals surface area contributed by atoms with Gasteiger partial charge in [-0.15, -0.1) is 0 Å². The zero-order chi connectivity index (χ0) is 28.9. The average Bonchev–Trinajstić information content (AvgIpc) is 3.82. The molecule has 2 aliphatic carbocycles. The number of likely N-dealkylation sites (tertiary alicyclic amines) is 1. The lowest BCUT2D eigenvalue weighted by Gasteiger charge is -2.29. The predicted molar refractivity (Wildman–Crippen MR) is 156 cm³/mol. The Morgan fingerprint density at radius 3 is 2.65 bits per heavy atom. The Morgan fingerprint density at radius 2 is 1.95 bits per heavy atom. The third kappa shape index (κ3) is 7.35. The van der Waals surface area contributed by atoms with Gasteiger partial charge in [-0.3, -0.25) is 19.1 Å². The molecule has 0 bridgehead atoms. The van der Waals surface area contributed by atoms with Crippen LogP contribution in [-0.4, -0.2) is 61.5 Å². The second kappa shape index (κ2) is 12.6. The molecule has 3 amide bonds. The number of hydrogen-bond acceptors (Lipinski definition) is 7. The van der Waals surface area contributed by atoms with Gasteiger partial charge in [0.15, 0.2) is 0 Å². The summed E-state index contributed by atoms with van der Waals surface area (Å²) in [6.45, 7) is 2.24. The molecule has 2 saturated carbocycles. The van der Waals surface area contributed by atoms with E-state index in [2.05, 4.69) is 21.4 Å². The van der Waals surface area contributed by atoms with Crippen molar-refractivity contribution in [3.63, 3.8) is 0 Å². The zero-order valence-corrected chi connectivity index (χ0v) is 24.3. The number of sulfonamides is 1. The number of nitrogen functional groups attached to an aromatic ring is 1. The Bertz CT molecular complexity index is 1230. The van der Waals surface area contributed by atoms with Gasteiger partial charge in [-0.05, 0) is 82.4 Å². The lowest BCUT2D eigenvalue weighted by Crippen LogP contribution is -2.50. The number of carbonyl (C=O) groups is 3. The van der Waals surface area contributed by atoms with E-state index < -0.39 is 26.9 Å². The lowest BCUT2D eigenvalue weighted by atomic mass is 10.0. The molecule has 3 aliphatic rings. The van der Waals surface area contributed by atoms with E-state index in [1.165, 1.54) is 0 Å². The Balaban J connectivity index is 1.22. The number of hydrogen-bond donors (Lipinski definition) is 4. The molecular formula is C29H43N5O5S. The van der Waals surface area contributed by atoms with Crippen molar-refractivity contribution in [1.29, 1.82) is 0 Å². The van der Waals surface area contributed by atoms with E-state index >= 15 is 0 Å². The maximum Gasteiger partial charge on any atom is 0.245 e. The largest absolute Gasteiger partial charge is 0.399 e. The zero-order valence-electron chi connectivity index (χ0n) is 23.5. The molecule has 11 heteroatoms. The quantitative estimate of drug-likeness (QED) is 0.152. The maximum atomic E-state index is 13.5. The van der Waals surface area contributed by atoms with Crippen molar-refractivity contribution in [2.45, 2.75) is 88.0 Å². The van der Waals surface area contributed by atoms with Crippen molar-refractivity contribution in [3.8, 4) is 0 Å². The van der Waals surface area contributed by atoms with Crippen LogP contribution in [-0.2, 0) is 24.4 Å². The summed E-state index contributed by atoms with van der Waals surface area (Å²) in [5.41, 5.74) is 7.32. The summed E-state index contributed by atoms with van der Waals surface area (Å²) in [5, 5.41) is 6.02. The number of unbranched alkanes of at least 4 members (excludes halogenated alkanes) is 3. The number of benzene rings is 1. The van der Waals surface area contributed by atoms with Gasteiger partial charge in [0.05, 0.1) is 4.75 Å². The van der Waals surface area contributed by atoms with Gasteiger partial charge in [-0.25, -0.2) is 8.42 Å². The average molecular weight is 574 g/mol. The highest BCUT2D eigenvalue weighted by Crippen LogP contribution is 2.44. The highest BCUT2D eigenvalue weighted by molar-refractivity contribution is 7.91. The van der Waals surface area contributed by atoms with Crippen LogP contribution in [0.15, 0.2) is 36.4 Å². The molecule has 1 aromatic rings. The predicted octanol–water partition coefficient (Wildman–Crippen LogP) is 2.93. The molecule has 0 aromatic heterocycles. The molecule has 10 nitrogen and oxygen atoms in total. The minimum Gasteiger partial charge on any atom is -0.399 e. The van der Waals surface area contributed by atoms with E-state index in [9.17, 15) is 22.8 Å².